The van der Waals surface area contributed by atoms with Gasteiger partial charge in [0.1, 0.15) is 11.4 Å². The highest BCUT2D eigenvalue weighted by Crippen LogP contribution is 2.41. The van der Waals surface area contributed by atoms with Crippen molar-refractivity contribution >= 4 is 11.6 Å². The zero-order chi connectivity index (χ0) is 9.64. The van der Waals surface area contributed by atoms with Gasteiger partial charge in [0, 0.05) is 17.0 Å². The molecule has 1 aliphatic heterocycles. The Kier molecular flexibility index (Phi) is 1.81. The molecule has 0 saturated heterocycles. The third-order valence-corrected chi connectivity index (χ3v) is 2.74. The van der Waals surface area contributed by atoms with Gasteiger partial charge in [-0.05, 0) is 32.4 Å². The quantitative estimate of drug-likeness (QED) is 0.618. The zero-order valence-corrected chi connectivity index (χ0v) is 8.90. The van der Waals surface area contributed by atoms with E-state index in [4.69, 9.17) is 16.3 Å². The van der Waals surface area contributed by atoms with Crippen LogP contribution in [0.25, 0.3) is 0 Å². The Morgan fingerprint density at radius 3 is 2.69 bits per heavy atom. The molecule has 0 bridgehead atoms. The van der Waals surface area contributed by atoms with E-state index in [0.717, 1.165) is 22.8 Å². The predicted octanol–water partition coefficient (Wildman–Crippen LogP) is 3.36. The van der Waals surface area contributed by atoms with Crippen molar-refractivity contribution in [2.75, 3.05) is 0 Å². The highest BCUT2D eigenvalue weighted by atomic mass is 35.5. The van der Waals surface area contributed by atoms with Crippen LogP contribution >= 0.6 is 11.6 Å². The Morgan fingerprint density at radius 2 is 2.08 bits per heavy atom. The Balaban J connectivity index is 2.56. The molecule has 0 saturated carbocycles. The molecule has 0 fully saturated rings. The molecule has 0 N–H and O–H groups in total. The van der Waals surface area contributed by atoms with Crippen molar-refractivity contribution < 1.29 is 4.74 Å². The largest absolute Gasteiger partial charge is 0.487 e. The van der Waals surface area contributed by atoms with Crippen molar-refractivity contribution in [3.8, 4) is 5.75 Å². The summed E-state index contributed by atoms with van der Waals surface area (Å²) >= 11 is 6.09. The summed E-state index contributed by atoms with van der Waals surface area (Å²) in [4.78, 5) is 0. The van der Waals surface area contributed by atoms with Crippen LogP contribution < -0.4 is 4.74 Å². The van der Waals surface area contributed by atoms with Gasteiger partial charge >= 0.3 is 0 Å². The summed E-state index contributed by atoms with van der Waals surface area (Å²) in [6.45, 7) is 6.22. The van der Waals surface area contributed by atoms with Crippen LogP contribution in [0.1, 0.15) is 25.0 Å². The number of hydrogen-bond acceptors (Lipinski definition) is 1. The van der Waals surface area contributed by atoms with E-state index >= 15 is 0 Å². The van der Waals surface area contributed by atoms with Crippen LogP contribution in [0.5, 0.6) is 5.75 Å². The van der Waals surface area contributed by atoms with Gasteiger partial charge in [-0.15, -0.1) is 0 Å². The van der Waals surface area contributed by atoms with Crippen molar-refractivity contribution in [1.82, 2.24) is 0 Å². The van der Waals surface area contributed by atoms with Gasteiger partial charge in [0.2, 0.25) is 0 Å². The van der Waals surface area contributed by atoms with Gasteiger partial charge in [-0.25, -0.2) is 0 Å². The van der Waals surface area contributed by atoms with Gasteiger partial charge in [-0.2, -0.15) is 0 Å². The number of hydrogen-bond donors (Lipinski definition) is 0. The Hall–Kier alpha value is -0.690. The molecule has 2 heteroatoms. The lowest BCUT2D eigenvalue weighted by molar-refractivity contribution is 0.137. The van der Waals surface area contributed by atoms with Gasteiger partial charge in [-0.1, -0.05) is 17.7 Å². The lowest BCUT2D eigenvalue weighted by Crippen LogP contribution is -2.24. The summed E-state index contributed by atoms with van der Waals surface area (Å²) in [6.07, 6.45) is 0.906. The van der Waals surface area contributed by atoms with Gasteiger partial charge in [0.15, 0.2) is 0 Å². The zero-order valence-electron chi connectivity index (χ0n) is 8.15. The molecule has 1 nitrogen and oxygen atoms in total. The van der Waals surface area contributed by atoms with Crippen LogP contribution in [0, 0.1) is 6.92 Å². The summed E-state index contributed by atoms with van der Waals surface area (Å²) in [5, 5.41) is 0.825. The summed E-state index contributed by atoms with van der Waals surface area (Å²) in [6, 6.07) is 3.95. The first-order valence-corrected chi connectivity index (χ1v) is 4.84. The number of ether oxygens (including phenoxy) is 1. The fourth-order valence-electron chi connectivity index (χ4n) is 1.77. The van der Waals surface area contributed by atoms with Crippen molar-refractivity contribution in [3.63, 3.8) is 0 Å². The minimum absolute atomic E-state index is 0.0991. The van der Waals surface area contributed by atoms with E-state index < -0.39 is 0 Å². The number of aryl methyl sites for hydroxylation is 1. The van der Waals surface area contributed by atoms with Gasteiger partial charge in [-0.3, -0.25) is 0 Å². The molecule has 0 unspecified atom stereocenters. The van der Waals surface area contributed by atoms with Crippen LogP contribution in [-0.4, -0.2) is 5.60 Å². The highest BCUT2D eigenvalue weighted by Gasteiger charge is 2.32. The molecule has 0 spiro atoms. The molecule has 13 heavy (non-hydrogen) atoms. The second-order valence-corrected chi connectivity index (χ2v) is 4.62. The van der Waals surface area contributed by atoms with Crippen LogP contribution in [0.2, 0.25) is 5.02 Å². The third-order valence-electron chi connectivity index (χ3n) is 2.38. The average molecular weight is 197 g/mol. The number of rotatable bonds is 0. The monoisotopic (exact) mass is 196 g/mol. The third kappa shape index (κ3) is 1.42. The maximum atomic E-state index is 6.09. The van der Waals surface area contributed by atoms with E-state index in [0.29, 0.717) is 0 Å². The van der Waals surface area contributed by atoms with Crippen molar-refractivity contribution in [1.29, 1.82) is 0 Å². The smallest absolute Gasteiger partial charge is 0.127 e. The molecule has 0 atom stereocenters. The molecule has 0 amide bonds. The first kappa shape index (κ1) is 8.89. The van der Waals surface area contributed by atoms with Gasteiger partial charge in [0.25, 0.3) is 0 Å². The molecule has 1 aromatic rings. The standard InChI is InChI=1S/C11H13ClO/c1-7-4-5-9(12)8-6-11(2,3)13-10(7)8/h4-5H,6H2,1-3H3. The maximum Gasteiger partial charge on any atom is 0.127 e. The van der Waals surface area contributed by atoms with Crippen LogP contribution in [0.4, 0.5) is 0 Å². The Bertz CT molecular complexity index is 322. The molecule has 1 aromatic carbocycles. The molecule has 0 radical (unpaired) electrons. The number of benzene rings is 1. The molecule has 2 rings (SSSR count). The van der Waals surface area contributed by atoms with E-state index in [2.05, 4.69) is 20.8 Å². The topological polar surface area (TPSA) is 9.23 Å². The molecule has 70 valence electrons. The SMILES string of the molecule is Cc1ccc(Cl)c2c1OC(C)(C)C2. The fraction of sp³-hybridized carbons (Fsp3) is 0.455. The second kappa shape index (κ2) is 2.65. The first-order chi connectivity index (χ1) is 5.99. The average Bonchev–Trinajstić information content (AvgIpc) is 2.35. The normalized spacial score (nSPS) is 18.2. The minimum Gasteiger partial charge on any atom is -0.487 e. The summed E-state index contributed by atoms with van der Waals surface area (Å²) in [5.41, 5.74) is 2.23. The van der Waals surface area contributed by atoms with Crippen LogP contribution in [0.15, 0.2) is 12.1 Å². The van der Waals surface area contributed by atoms with E-state index in [-0.39, 0.29) is 5.60 Å². The summed E-state index contributed by atoms with van der Waals surface area (Å²) in [7, 11) is 0. The van der Waals surface area contributed by atoms with Gasteiger partial charge < -0.3 is 4.74 Å². The molecular weight excluding hydrogens is 184 g/mol. The molecule has 1 heterocycles. The van der Waals surface area contributed by atoms with Gasteiger partial charge in [0.05, 0.1) is 0 Å². The molecular formula is C11H13ClO. The summed E-state index contributed by atoms with van der Waals surface area (Å²) in [5.74, 6) is 0.984. The predicted molar refractivity (Wildman–Crippen MR) is 54.6 cm³/mol. The van der Waals surface area contributed by atoms with Crippen LogP contribution in [-0.2, 0) is 6.42 Å². The van der Waals surface area contributed by atoms with E-state index in [1.807, 2.05) is 12.1 Å². The number of fused-ring (bicyclic) bond motifs is 1. The molecule has 0 aliphatic carbocycles. The van der Waals surface area contributed by atoms with Crippen molar-refractivity contribution in [2.45, 2.75) is 32.8 Å². The summed E-state index contributed by atoms with van der Waals surface area (Å²) < 4.78 is 5.82. The molecule has 1 aliphatic rings. The lowest BCUT2D eigenvalue weighted by Gasteiger charge is -2.17. The first-order valence-electron chi connectivity index (χ1n) is 4.47. The molecule has 0 aromatic heterocycles. The van der Waals surface area contributed by atoms with Crippen molar-refractivity contribution in [3.05, 3.63) is 28.3 Å². The fourth-order valence-corrected chi connectivity index (χ4v) is 1.98. The minimum atomic E-state index is -0.0991. The van der Waals surface area contributed by atoms with Crippen molar-refractivity contribution in [2.24, 2.45) is 0 Å². The highest BCUT2D eigenvalue weighted by molar-refractivity contribution is 6.31. The Labute approximate surface area is 83.7 Å². The Morgan fingerprint density at radius 1 is 1.38 bits per heavy atom. The maximum absolute atomic E-state index is 6.09. The van der Waals surface area contributed by atoms with E-state index in [9.17, 15) is 0 Å². The second-order valence-electron chi connectivity index (χ2n) is 4.21. The van der Waals surface area contributed by atoms with Crippen LogP contribution in [0.3, 0.4) is 0 Å². The van der Waals surface area contributed by atoms with E-state index in [1.165, 1.54) is 5.56 Å². The van der Waals surface area contributed by atoms with E-state index in [1.54, 1.807) is 0 Å². The number of halogens is 1. The lowest BCUT2D eigenvalue weighted by atomic mass is 10.0.